The van der Waals surface area contributed by atoms with Crippen LogP contribution in [0, 0.1) is 0 Å². The highest BCUT2D eigenvalue weighted by Gasteiger charge is 2.23. The molecular weight excluding hydrogens is 246 g/mol. The van der Waals surface area contributed by atoms with E-state index in [0.717, 1.165) is 6.42 Å². The molecule has 0 aliphatic heterocycles. The van der Waals surface area contributed by atoms with E-state index in [1.807, 2.05) is 0 Å². The summed E-state index contributed by atoms with van der Waals surface area (Å²) >= 11 is 0. The quantitative estimate of drug-likeness (QED) is 0.572. The first-order chi connectivity index (χ1) is 9.15. The Morgan fingerprint density at radius 2 is 1.79 bits per heavy atom. The average molecular weight is 267 g/mol. The van der Waals surface area contributed by atoms with Crippen LogP contribution >= 0.6 is 0 Å². The van der Waals surface area contributed by atoms with Crippen LogP contribution in [0.3, 0.4) is 0 Å². The van der Waals surface area contributed by atoms with Crippen molar-refractivity contribution in [2.75, 3.05) is 27.9 Å². The third-order valence-corrected chi connectivity index (χ3v) is 2.87. The van der Waals surface area contributed by atoms with E-state index in [9.17, 15) is 4.79 Å². The number of carbonyl (C=O) groups is 1. The second-order valence-electron chi connectivity index (χ2n) is 4.14. The van der Waals surface area contributed by atoms with Crippen molar-refractivity contribution in [1.82, 2.24) is 0 Å². The number of ether oxygens (including phenoxy) is 3. The van der Waals surface area contributed by atoms with Crippen LogP contribution in [0.5, 0.6) is 11.5 Å². The van der Waals surface area contributed by atoms with Crippen molar-refractivity contribution in [1.29, 1.82) is 0 Å². The Morgan fingerprint density at radius 3 is 2.26 bits per heavy atom. The number of hydrogen-bond acceptors (Lipinski definition) is 5. The van der Waals surface area contributed by atoms with E-state index >= 15 is 0 Å². The van der Waals surface area contributed by atoms with Crippen LogP contribution in [-0.2, 0) is 4.74 Å². The summed E-state index contributed by atoms with van der Waals surface area (Å²) in [5.41, 5.74) is 6.32. The Bertz CT molecular complexity index is 398. The number of carbonyl (C=O) groups excluding carboxylic acids is 1. The van der Waals surface area contributed by atoms with Crippen molar-refractivity contribution >= 4 is 5.78 Å². The van der Waals surface area contributed by atoms with E-state index in [-0.39, 0.29) is 5.78 Å². The topological polar surface area (TPSA) is 70.8 Å². The number of Topliss-reactive ketones (excluding diaryl/α,β-unsaturated/α-hetero) is 1. The second-order valence-corrected chi connectivity index (χ2v) is 4.14. The lowest BCUT2D eigenvalue weighted by molar-refractivity contribution is 0.0944. The van der Waals surface area contributed by atoms with Gasteiger partial charge in [-0.05, 0) is 25.0 Å². The van der Waals surface area contributed by atoms with Crippen molar-refractivity contribution in [3.05, 3.63) is 23.8 Å². The first-order valence-corrected chi connectivity index (χ1v) is 6.15. The van der Waals surface area contributed by atoms with E-state index in [1.165, 1.54) is 14.2 Å². The number of hydrogen-bond donors (Lipinski definition) is 1. The number of nitrogens with two attached hydrogens (primary N) is 1. The second kappa shape index (κ2) is 7.76. The molecule has 19 heavy (non-hydrogen) atoms. The third kappa shape index (κ3) is 3.94. The van der Waals surface area contributed by atoms with Crippen LogP contribution in [0.1, 0.15) is 23.2 Å². The summed E-state index contributed by atoms with van der Waals surface area (Å²) in [6.45, 7) is 0.587. The molecule has 0 amide bonds. The molecule has 1 aromatic rings. The minimum absolute atomic E-state index is 0.176. The van der Waals surface area contributed by atoms with Crippen LogP contribution < -0.4 is 15.2 Å². The molecule has 1 unspecified atom stereocenters. The maximum Gasteiger partial charge on any atom is 0.186 e. The fourth-order valence-electron chi connectivity index (χ4n) is 1.86. The molecule has 5 heteroatoms. The smallest absolute Gasteiger partial charge is 0.186 e. The summed E-state index contributed by atoms with van der Waals surface area (Å²) in [6, 6.07) is 4.63. The standard InChI is InChI=1S/C14H21NO4/c1-17-9-5-6-10(15)14(16)13-11(18-2)7-4-8-12(13)19-3/h4,7-8,10H,5-6,9,15H2,1-3H3. The summed E-state index contributed by atoms with van der Waals surface area (Å²) < 4.78 is 15.4. The Morgan fingerprint density at radius 1 is 1.21 bits per heavy atom. The number of rotatable bonds is 8. The van der Waals surface area contributed by atoms with Gasteiger partial charge >= 0.3 is 0 Å². The molecule has 1 rings (SSSR count). The van der Waals surface area contributed by atoms with Crippen LogP contribution in [0.15, 0.2) is 18.2 Å². The van der Waals surface area contributed by atoms with Crippen molar-refractivity contribution in [2.45, 2.75) is 18.9 Å². The summed E-state index contributed by atoms with van der Waals surface area (Å²) in [5, 5.41) is 0. The minimum atomic E-state index is -0.583. The number of ketones is 1. The molecule has 106 valence electrons. The highest BCUT2D eigenvalue weighted by Crippen LogP contribution is 2.29. The van der Waals surface area contributed by atoms with E-state index in [0.29, 0.717) is 30.1 Å². The third-order valence-electron chi connectivity index (χ3n) is 2.87. The molecule has 0 aliphatic rings. The zero-order valence-electron chi connectivity index (χ0n) is 11.6. The molecule has 0 saturated carbocycles. The van der Waals surface area contributed by atoms with Gasteiger partial charge in [-0.2, -0.15) is 0 Å². The lowest BCUT2D eigenvalue weighted by atomic mass is 9.99. The molecule has 0 aliphatic carbocycles. The van der Waals surface area contributed by atoms with Gasteiger partial charge in [0.05, 0.1) is 20.3 Å². The van der Waals surface area contributed by atoms with Crippen molar-refractivity contribution in [3.63, 3.8) is 0 Å². The van der Waals surface area contributed by atoms with Gasteiger partial charge in [0.15, 0.2) is 5.78 Å². The van der Waals surface area contributed by atoms with E-state index in [2.05, 4.69) is 0 Å². The maximum atomic E-state index is 12.4. The molecule has 1 aromatic carbocycles. The van der Waals surface area contributed by atoms with Crippen LogP contribution in [0.4, 0.5) is 0 Å². The highest BCUT2D eigenvalue weighted by atomic mass is 16.5. The van der Waals surface area contributed by atoms with Crippen LogP contribution in [0.25, 0.3) is 0 Å². The minimum Gasteiger partial charge on any atom is -0.496 e. The normalized spacial score (nSPS) is 12.0. The SMILES string of the molecule is COCCCC(N)C(=O)c1c(OC)cccc1OC. The van der Waals surface area contributed by atoms with Gasteiger partial charge in [0.25, 0.3) is 0 Å². The molecular formula is C14H21NO4. The van der Waals surface area contributed by atoms with E-state index < -0.39 is 6.04 Å². The molecule has 1 atom stereocenters. The monoisotopic (exact) mass is 267 g/mol. The zero-order valence-corrected chi connectivity index (χ0v) is 11.6. The maximum absolute atomic E-state index is 12.4. The molecule has 0 radical (unpaired) electrons. The van der Waals surface area contributed by atoms with Crippen molar-refractivity contribution in [2.24, 2.45) is 5.73 Å². The van der Waals surface area contributed by atoms with Gasteiger partial charge in [0, 0.05) is 13.7 Å². The lowest BCUT2D eigenvalue weighted by Gasteiger charge is -2.15. The van der Waals surface area contributed by atoms with Crippen molar-refractivity contribution < 1.29 is 19.0 Å². The van der Waals surface area contributed by atoms with Gasteiger partial charge in [0.2, 0.25) is 0 Å². The molecule has 5 nitrogen and oxygen atoms in total. The van der Waals surface area contributed by atoms with Gasteiger partial charge in [-0.15, -0.1) is 0 Å². The largest absolute Gasteiger partial charge is 0.496 e. The van der Waals surface area contributed by atoms with Gasteiger partial charge in [-0.3, -0.25) is 4.79 Å². The lowest BCUT2D eigenvalue weighted by Crippen LogP contribution is -2.31. The molecule has 2 N–H and O–H groups in total. The van der Waals surface area contributed by atoms with Gasteiger partial charge in [0.1, 0.15) is 17.1 Å². The fourth-order valence-corrected chi connectivity index (χ4v) is 1.86. The predicted molar refractivity (Wildman–Crippen MR) is 73.0 cm³/mol. The van der Waals surface area contributed by atoms with Crippen LogP contribution in [-0.4, -0.2) is 39.8 Å². The van der Waals surface area contributed by atoms with E-state index in [1.54, 1.807) is 25.3 Å². The Kier molecular flexibility index (Phi) is 6.32. The summed E-state index contributed by atoms with van der Waals surface area (Å²) in [4.78, 5) is 12.4. The predicted octanol–water partition coefficient (Wildman–Crippen LogP) is 1.64. The van der Waals surface area contributed by atoms with Crippen molar-refractivity contribution in [3.8, 4) is 11.5 Å². The summed E-state index contributed by atoms with van der Waals surface area (Å²) in [6.07, 6.45) is 1.30. The van der Waals surface area contributed by atoms with Gasteiger partial charge in [-0.25, -0.2) is 0 Å². The number of methoxy groups -OCH3 is 3. The Labute approximate surface area is 113 Å². The molecule has 0 saturated heterocycles. The zero-order chi connectivity index (χ0) is 14.3. The molecule has 0 aromatic heterocycles. The van der Waals surface area contributed by atoms with Gasteiger partial charge in [-0.1, -0.05) is 6.07 Å². The summed E-state index contributed by atoms with van der Waals surface area (Å²) in [7, 11) is 4.65. The summed E-state index contributed by atoms with van der Waals surface area (Å²) in [5.74, 6) is 0.781. The molecule has 0 spiro atoms. The average Bonchev–Trinajstić information content (AvgIpc) is 2.45. The fraction of sp³-hybridized carbons (Fsp3) is 0.500. The first-order valence-electron chi connectivity index (χ1n) is 6.15. The molecule has 0 bridgehead atoms. The number of benzene rings is 1. The molecule has 0 heterocycles. The Hall–Kier alpha value is -1.59. The van der Waals surface area contributed by atoms with E-state index in [4.69, 9.17) is 19.9 Å². The molecule has 0 fully saturated rings. The van der Waals surface area contributed by atoms with Crippen LogP contribution in [0.2, 0.25) is 0 Å². The Balaban J connectivity index is 2.91. The first kappa shape index (κ1) is 15.5. The highest BCUT2D eigenvalue weighted by molar-refractivity contribution is 6.04. The van der Waals surface area contributed by atoms with Gasteiger partial charge < -0.3 is 19.9 Å².